The SMILES string of the molecule is CSc1cccc(NC(=O)C(=O)NC(C)(C)C)c1. The van der Waals surface area contributed by atoms with E-state index in [-0.39, 0.29) is 0 Å². The molecule has 0 heterocycles. The number of nitrogens with one attached hydrogen (secondary N) is 2. The third kappa shape index (κ3) is 4.79. The summed E-state index contributed by atoms with van der Waals surface area (Å²) in [7, 11) is 0. The number of benzene rings is 1. The van der Waals surface area contributed by atoms with Crippen LogP contribution in [0.15, 0.2) is 29.2 Å². The van der Waals surface area contributed by atoms with E-state index < -0.39 is 17.4 Å². The fraction of sp³-hybridized carbons (Fsp3) is 0.385. The lowest BCUT2D eigenvalue weighted by Gasteiger charge is -2.19. The largest absolute Gasteiger partial charge is 0.343 e. The maximum atomic E-state index is 11.7. The van der Waals surface area contributed by atoms with E-state index in [0.717, 1.165) is 4.90 Å². The zero-order valence-electron chi connectivity index (χ0n) is 11.0. The van der Waals surface area contributed by atoms with Crippen LogP contribution in [0.4, 0.5) is 5.69 Å². The molecule has 0 saturated heterocycles. The van der Waals surface area contributed by atoms with Crippen molar-refractivity contribution in [3.05, 3.63) is 24.3 Å². The van der Waals surface area contributed by atoms with Gasteiger partial charge in [-0.15, -0.1) is 11.8 Å². The molecule has 2 amide bonds. The topological polar surface area (TPSA) is 58.2 Å². The summed E-state index contributed by atoms with van der Waals surface area (Å²) in [5, 5.41) is 5.19. The van der Waals surface area contributed by atoms with Crippen molar-refractivity contribution in [1.29, 1.82) is 0 Å². The monoisotopic (exact) mass is 266 g/mol. The van der Waals surface area contributed by atoms with Gasteiger partial charge in [-0.05, 0) is 45.2 Å². The third-order valence-electron chi connectivity index (χ3n) is 2.02. The molecule has 1 aromatic rings. The molecule has 1 rings (SSSR count). The van der Waals surface area contributed by atoms with Crippen molar-refractivity contribution in [2.45, 2.75) is 31.2 Å². The number of amides is 2. The lowest BCUT2D eigenvalue weighted by atomic mass is 10.1. The Bertz CT molecular complexity index is 453. The van der Waals surface area contributed by atoms with Gasteiger partial charge in [0.15, 0.2) is 0 Å². The zero-order valence-corrected chi connectivity index (χ0v) is 11.9. The fourth-order valence-electron chi connectivity index (χ4n) is 1.29. The summed E-state index contributed by atoms with van der Waals surface area (Å²) in [6.45, 7) is 5.48. The Balaban J connectivity index is 2.66. The second-order valence-corrected chi connectivity index (χ2v) is 5.77. The Labute approximate surface area is 112 Å². The van der Waals surface area contributed by atoms with Crippen LogP contribution in [0.25, 0.3) is 0 Å². The van der Waals surface area contributed by atoms with Crippen LogP contribution in [0.3, 0.4) is 0 Å². The second kappa shape index (κ2) is 5.91. The molecule has 5 heteroatoms. The van der Waals surface area contributed by atoms with Gasteiger partial charge in [0.2, 0.25) is 0 Å². The Morgan fingerprint density at radius 1 is 1.17 bits per heavy atom. The molecular weight excluding hydrogens is 248 g/mol. The molecule has 0 aliphatic rings. The molecule has 0 bridgehead atoms. The molecule has 1 aromatic carbocycles. The van der Waals surface area contributed by atoms with E-state index in [1.54, 1.807) is 17.8 Å². The van der Waals surface area contributed by atoms with E-state index in [2.05, 4.69) is 10.6 Å². The highest BCUT2D eigenvalue weighted by atomic mass is 32.2. The first-order chi connectivity index (χ1) is 8.31. The van der Waals surface area contributed by atoms with Gasteiger partial charge in [-0.2, -0.15) is 0 Å². The average molecular weight is 266 g/mol. The summed E-state index contributed by atoms with van der Waals surface area (Å²) in [4.78, 5) is 24.3. The van der Waals surface area contributed by atoms with Crippen molar-refractivity contribution < 1.29 is 9.59 Å². The first-order valence-corrected chi connectivity index (χ1v) is 6.82. The summed E-state index contributed by atoms with van der Waals surface area (Å²) in [6.07, 6.45) is 1.95. The van der Waals surface area contributed by atoms with Gasteiger partial charge in [-0.1, -0.05) is 6.07 Å². The van der Waals surface area contributed by atoms with Crippen LogP contribution in [0.1, 0.15) is 20.8 Å². The van der Waals surface area contributed by atoms with Crippen molar-refractivity contribution in [1.82, 2.24) is 5.32 Å². The molecule has 0 atom stereocenters. The molecule has 0 radical (unpaired) electrons. The van der Waals surface area contributed by atoms with Gasteiger partial charge in [-0.3, -0.25) is 9.59 Å². The van der Waals surface area contributed by atoms with Crippen molar-refractivity contribution in [2.24, 2.45) is 0 Å². The van der Waals surface area contributed by atoms with Gasteiger partial charge in [0, 0.05) is 16.1 Å². The minimum Gasteiger partial charge on any atom is -0.343 e. The van der Waals surface area contributed by atoms with Crippen molar-refractivity contribution in [3.8, 4) is 0 Å². The van der Waals surface area contributed by atoms with Gasteiger partial charge in [0.05, 0.1) is 0 Å². The fourth-order valence-corrected chi connectivity index (χ4v) is 1.75. The van der Waals surface area contributed by atoms with Gasteiger partial charge >= 0.3 is 11.8 Å². The summed E-state index contributed by atoms with van der Waals surface area (Å²) in [5.41, 5.74) is 0.200. The molecule has 98 valence electrons. The summed E-state index contributed by atoms with van der Waals surface area (Å²) in [6, 6.07) is 7.35. The normalized spacial score (nSPS) is 10.9. The van der Waals surface area contributed by atoms with Crippen LogP contribution in [0.2, 0.25) is 0 Å². The van der Waals surface area contributed by atoms with Crippen molar-refractivity contribution in [3.63, 3.8) is 0 Å². The Kier molecular flexibility index (Phi) is 4.78. The van der Waals surface area contributed by atoms with Crippen LogP contribution in [-0.4, -0.2) is 23.6 Å². The van der Waals surface area contributed by atoms with Crippen molar-refractivity contribution >= 4 is 29.3 Å². The smallest absolute Gasteiger partial charge is 0.313 e. The highest BCUT2D eigenvalue weighted by Gasteiger charge is 2.20. The molecule has 0 fully saturated rings. The van der Waals surface area contributed by atoms with E-state index in [1.807, 2.05) is 45.2 Å². The Hall–Kier alpha value is -1.49. The highest BCUT2D eigenvalue weighted by Crippen LogP contribution is 2.18. The van der Waals surface area contributed by atoms with E-state index in [0.29, 0.717) is 5.69 Å². The number of hydrogen-bond acceptors (Lipinski definition) is 3. The zero-order chi connectivity index (χ0) is 13.8. The number of carbonyl (C=O) groups excluding carboxylic acids is 2. The quantitative estimate of drug-likeness (QED) is 0.637. The summed E-state index contributed by atoms with van der Waals surface area (Å²) in [5.74, 6) is -1.28. The van der Waals surface area contributed by atoms with Crippen LogP contribution in [0, 0.1) is 0 Å². The van der Waals surface area contributed by atoms with Crippen LogP contribution in [-0.2, 0) is 9.59 Å². The van der Waals surface area contributed by atoms with E-state index in [4.69, 9.17) is 0 Å². The minimum absolute atomic E-state index is 0.421. The molecule has 4 nitrogen and oxygen atoms in total. The minimum atomic E-state index is -0.650. The molecule has 0 saturated carbocycles. The Morgan fingerprint density at radius 3 is 2.39 bits per heavy atom. The third-order valence-corrected chi connectivity index (χ3v) is 2.75. The van der Waals surface area contributed by atoms with Gasteiger partial charge in [0.1, 0.15) is 0 Å². The standard InChI is InChI=1S/C13H18N2O2S/c1-13(2,3)15-12(17)11(16)14-9-6-5-7-10(8-9)18-4/h5-8H,1-4H3,(H,14,16)(H,15,17). The molecule has 0 unspecified atom stereocenters. The van der Waals surface area contributed by atoms with Gasteiger partial charge in [0.25, 0.3) is 0 Å². The molecule has 0 aliphatic carbocycles. The van der Waals surface area contributed by atoms with Crippen LogP contribution in [0.5, 0.6) is 0 Å². The van der Waals surface area contributed by atoms with Crippen LogP contribution >= 0.6 is 11.8 Å². The molecule has 18 heavy (non-hydrogen) atoms. The molecule has 0 aromatic heterocycles. The predicted octanol–water partition coefficient (Wildman–Crippen LogP) is 2.26. The van der Waals surface area contributed by atoms with E-state index in [9.17, 15) is 9.59 Å². The maximum Gasteiger partial charge on any atom is 0.313 e. The van der Waals surface area contributed by atoms with Crippen molar-refractivity contribution in [2.75, 3.05) is 11.6 Å². The number of thioether (sulfide) groups is 1. The summed E-state index contributed by atoms with van der Waals surface area (Å²) >= 11 is 1.58. The predicted molar refractivity (Wildman–Crippen MR) is 74.7 cm³/mol. The molecule has 0 spiro atoms. The number of hydrogen-bond donors (Lipinski definition) is 2. The van der Waals surface area contributed by atoms with E-state index in [1.165, 1.54) is 0 Å². The number of rotatable bonds is 2. The van der Waals surface area contributed by atoms with E-state index >= 15 is 0 Å². The lowest BCUT2D eigenvalue weighted by molar-refractivity contribution is -0.137. The molecular formula is C13H18N2O2S. The average Bonchev–Trinajstić information content (AvgIpc) is 2.27. The first kappa shape index (κ1) is 14.6. The Morgan fingerprint density at radius 2 is 1.83 bits per heavy atom. The highest BCUT2D eigenvalue weighted by molar-refractivity contribution is 7.98. The number of anilines is 1. The number of carbonyl (C=O) groups is 2. The summed E-state index contributed by atoms with van der Waals surface area (Å²) < 4.78 is 0. The van der Waals surface area contributed by atoms with Gasteiger partial charge < -0.3 is 10.6 Å². The lowest BCUT2D eigenvalue weighted by Crippen LogP contribution is -2.46. The maximum absolute atomic E-state index is 11.7. The van der Waals surface area contributed by atoms with Gasteiger partial charge in [-0.25, -0.2) is 0 Å². The molecule has 2 N–H and O–H groups in total. The van der Waals surface area contributed by atoms with Crippen LogP contribution < -0.4 is 10.6 Å². The first-order valence-electron chi connectivity index (χ1n) is 5.59. The molecule has 0 aliphatic heterocycles. The second-order valence-electron chi connectivity index (χ2n) is 4.89.